The van der Waals surface area contributed by atoms with Crippen LogP contribution in [0.1, 0.15) is 24.9 Å². The van der Waals surface area contributed by atoms with Gasteiger partial charge in [-0.15, -0.1) is 0 Å². The number of likely N-dealkylation sites (N-methyl/N-ethyl adjacent to an activating group) is 1. The van der Waals surface area contributed by atoms with Crippen LogP contribution in [0.15, 0.2) is 24.3 Å². The van der Waals surface area contributed by atoms with Crippen LogP contribution in [0.25, 0.3) is 0 Å². The molecule has 2 rings (SSSR count). The Morgan fingerprint density at radius 3 is 2.56 bits per heavy atom. The van der Waals surface area contributed by atoms with E-state index in [4.69, 9.17) is 17.3 Å². The molecule has 100 valence electrons. The zero-order chi connectivity index (χ0) is 13.1. The average molecular weight is 285 g/mol. The van der Waals surface area contributed by atoms with Gasteiger partial charge in [0.05, 0.1) is 0 Å². The van der Waals surface area contributed by atoms with Crippen LogP contribution >= 0.6 is 23.4 Å². The first kappa shape index (κ1) is 14.2. The number of nitrogens with zero attached hydrogens (tertiary/aromatic N) is 1. The molecule has 1 aromatic rings. The Kier molecular flexibility index (Phi) is 4.96. The summed E-state index contributed by atoms with van der Waals surface area (Å²) in [5, 5.41) is 0.779. The van der Waals surface area contributed by atoms with Crippen molar-refractivity contribution in [1.29, 1.82) is 0 Å². The summed E-state index contributed by atoms with van der Waals surface area (Å²) in [6, 6.07) is 9.10. The number of hydrogen-bond acceptors (Lipinski definition) is 3. The molecule has 1 aliphatic heterocycles. The van der Waals surface area contributed by atoms with Crippen molar-refractivity contribution in [2.24, 2.45) is 5.73 Å². The minimum absolute atomic E-state index is 0.113. The Bertz CT molecular complexity index is 374. The number of rotatable bonds is 4. The first-order valence-electron chi connectivity index (χ1n) is 6.40. The molecule has 1 heterocycles. The molecule has 0 aromatic heterocycles. The molecular formula is C14H21ClN2S. The van der Waals surface area contributed by atoms with Crippen molar-refractivity contribution < 1.29 is 0 Å². The van der Waals surface area contributed by atoms with E-state index in [1.807, 2.05) is 23.9 Å². The average Bonchev–Trinajstić information content (AvgIpc) is 2.85. The second-order valence-electron chi connectivity index (χ2n) is 5.04. The number of benzene rings is 1. The van der Waals surface area contributed by atoms with E-state index in [2.05, 4.69) is 31.0 Å². The maximum Gasteiger partial charge on any atom is 0.0496 e. The van der Waals surface area contributed by atoms with E-state index in [0.29, 0.717) is 6.04 Å². The Hall–Kier alpha value is -0.220. The Morgan fingerprint density at radius 2 is 2.06 bits per heavy atom. The van der Waals surface area contributed by atoms with Gasteiger partial charge in [-0.3, -0.25) is 4.90 Å². The van der Waals surface area contributed by atoms with Gasteiger partial charge in [-0.2, -0.15) is 11.8 Å². The molecule has 1 fully saturated rings. The SMILES string of the molecule is CC(N)C(c1ccc(Cl)cc1)N(C)C1CCSC1. The summed E-state index contributed by atoms with van der Waals surface area (Å²) in [5.74, 6) is 2.48. The molecular weight excluding hydrogens is 264 g/mol. The number of nitrogens with two attached hydrogens (primary N) is 1. The molecule has 3 unspecified atom stereocenters. The predicted molar refractivity (Wildman–Crippen MR) is 81.3 cm³/mol. The lowest BCUT2D eigenvalue weighted by Crippen LogP contribution is -2.43. The van der Waals surface area contributed by atoms with Crippen molar-refractivity contribution in [3.63, 3.8) is 0 Å². The minimum atomic E-state index is 0.113. The van der Waals surface area contributed by atoms with Crippen molar-refractivity contribution in [2.45, 2.75) is 31.5 Å². The first-order valence-corrected chi connectivity index (χ1v) is 7.93. The monoisotopic (exact) mass is 284 g/mol. The second kappa shape index (κ2) is 6.29. The summed E-state index contributed by atoms with van der Waals surface area (Å²) < 4.78 is 0. The Morgan fingerprint density at radius 1 is 1.39 bits per heavy atom. The van der Waals surface area contributed by atoms with E-state index in [1.165, 1.54) is 23.5 Å². The largest absolute Gasteiger partial charge is 0.326 e. The highest BCUT2D eigenvalue weighted by Crippen LogP contribution is 2.30. The third kappa shape index (κ3) is 3.21. The lowest BCUT2D eigenvalue weighted by Gasteiger charge is -2.35. The fourth-order valence-corrected chi connectivity index (χ4v) is 4.05. The smallest absolute Gasteiger partial charge is 0.0496 e. The van der Waals surface area contributed by atoms with Crippen molar-refractivity contribution in [3.05, 3.63) is 34.9 Å². The van der Waals surface area contributed by atoms with Crippen LogP contribution in [-0.2, 0) is 0 Å². The van der Waals surface area contributed by atoms with Crippen LogP contribution in [0.4, 0.5) is 0 Å². The van der Waals surface area contributed by atoms with E-state index < -0.39 is 0 Å². The van der Waals surface area contributed by atoms with Crippen molar-refractivity contribution in [1.82, 2.24) is 4.90 Å². The van der Waals surface area contributed by atoms with Gasteiger partial charge in [0.2, 0.25) is 0 Å². The van der Waals surface area contributed by atoms with Crippen LogP contribution < -0.4 is 5.73 Å². The molecule has 1 saturated heterocycles. The fraction of sp³-hybridized carbons (Fsp3) is 0.571. The summed E-state index contributed by atoms with van der Waals surface area (Å²) in [4.78, 5) is 2.44. The molecule has 2 nitrogen and oxygen atoms in total. The highest BCUT2D eigenvalue weighted by atomic mass is 35.5. The summed E-state index contributed by atoms with van der Waals surface area (Å²) in [5.41, 5.74) is 7.45. The summed E-state index contributed by atoms with van der Waals surface area (Å²) in [6.45, 7) is 2.08. The maximum atomic E-state index is 6.19. The van der Waals surface area contributed by atoms with E-state index >= 15 is 0 Å². The van der Waals surface area contributed by atoms with Gasteiger partial charge in [0.25, 0.3) is 0 Å². The third-order valence-corrected chi connectivity index (χ3v) is 5.03. The molecule has 0 amide bonds. The lowest BCUT2D eigenvalue weighted by molar-refractivity contribution is 0.168. The second-order valence-corrected chi connectivity index (χ2v) is 6.62. The van der Waals surface area contributed by atoms with Crippen LogP contribution in [0, 0.1) is 0 Å². The van der Waals surface area contributed by atoms with Gasteiger partial charge in [0, 0.05) is 28.9 Å². The molecule has 0 bridgehead atoms. The summed E-state index contributed by atoms with van der Waals surface area (Å²) in [6.07, 6.45) is 1.26. The highest BCUT2D eigenvalue weighted by Gasteiger charge is 2.29. The topological polar surface area (TPSA) is 29.3 Å². The normalized spacial score (nSPS) is 23.3. The van der Waals surface area contributed by atoms with Gasteiger partial charge >= 0.3 is 0 Å². The quantitative estimate of drug-likeness (QED) is 0.921. The fourth-order valence-electron chi connectivity index (χ4n) is 2.64. The maximum absolute atomic E-state index is 6.19. The molecule has 1 aromatic carbocycles. The summed E-state index contributed by atoms with van der Waals surface area (Å²) >= 11 is 7.99. The van der Waals surface area contributed by atoms with Gasteiger partial charge < -0.3 is 5.73 Å². The van der Waals surface area contributed by atoms with E-state index in [-0.39, 0.29) is 12.1 Å². The van der Waals surface area contributed by atoms with Crippen LogP contribution in [0.2, 0.25) is 5.02 Å². The first-order chi connectivity index (χ1) is 8.59. The van der Waals surface area contributed by atoms with E-state index in [9.17, 15) is 0 Å². The molecule has 0 spiro atoms. The molecule has 2 N–H and O–H groups in total. The van der Waals surface area contributed by atoms with Crippen LogP contribution in [0.3, 0.4) is 0 Å². The van der Waals surface area contributed by atoms with E-state index in [1.54, 1.807) is 0 Å². The van der Waals surface area contributed by atoms with Gasteiger partial charge in [-0.25, -0.2) is 0 Å². The molecule has 0 radical (unpaired) electrons. The van der Waals surface area contributed by atoms with Gasteiger partial charge in [-0.05, 0) is 43.8 Å². The van der Waals surface area contributed by atoms with Crippen LogP contribution in [0.5, 0.6) is 0 Å². The molecule has 18 heavy (non-hydrogen) atoms. The number of thioether (sulfide) groups is 1. The minimum Gasteiger partial charge on any atom is -0.326 e. The molecule has 1 aliphatic rings. The third-order valence-electron chi connectivity index (χ3n) is 3.63. The lowest BCUT2D eigenvalue weighted by atomic mass is 9.98. The van der Waals surface area contributed by atoms with Gasteiger partial charge in [0.15, 0.2) is 0 Å². The van der Waals surface area contributed by atoms with Crippen LogP contribution in [-0.4, -0.2) is 35.5 Å². The number of halogens is 1. The zero-order valence-electron chi connectivity index (χ0n) is 11.0. The molecule has 3 atom stereocenters. The van der Waals surface area contributed by atoms with Crippen molar-refractivity contribution in [2.75, 3.05) is 18.6 Å². The van der Waals surface area contributed by atoms with Gasteiger partial charge in [0.1, 0.15) is 0 Å². The standard InChI is InChI=1S/C14H21ClN2S/c1-10(16)14(11-3-5-12(15)6-4-11)17(2)13-7-8-18-9-13/h3-6,10,13-14H,7-9,16H2,1-2H3. The highest BCUT2D eigenvalue weighted by molar-refractivity contribution is 7.99. The summed E-state index contributed by atoms with van der Waals surface area (Å²) in [7, 11) is 2.19. The molecule has 0 aliphatic carbocycles. The Labute approximate surface area is 119 Å². The van der Waals surface area contributed by atoms with Gasteiger partial charge in [-0.1, -0.05) is 23.7 Å². The Balaban J connectivity index is 2.19. The molecule has 0 saturated carbocycles. The number of hydrogen-bond donors (Lipinski definition) is 1. The van der Waals surface area contributed by atoms with Crippen molar-refractivity contribution >= 4 is 23.4 Å². The van der Waals surface area contributed by atoms with Crippen molar-refractivity contribution in [3.8, 4) is 0 Å². The zero-order valence-corrected chi connectivity index (χ0v) is 12.5. The van der Waals surface area contributed by atoms with E-state index in [0.717, 1.165) is 5.02 Å². The predicted octanol–water partition coefficient (Wildman–Crippen LogP) is 3.17. The molecule has 4 heteroatoms.